The fraction of sp³-hybridized carbons (Fsp3) is 0.143. The number of ether oxygens (including phenoxy) is 1. The molecule has 0 aliphatic carbocycles. The van der Waals surface area contributed by atoms with Gasteiger partial charge in [-0.25, -0.2) is 4.98 Å². The molecular formula is C21H22N4O. The Morgan fingerprint density at radius 3 is 2.62 bits per heavy atom. The number of nitrogens with one attached hydrogen (secondary N) is 1. The lowest BCUT2D eigenvalue weighted by Gasteiger charge is -2.12. The summed E-state index contributed by atoms with van der Waals surface area (Å²) in [5.74, 6) is 1.50. The molecule has 0 saturated carbocycles. The predicted octanol–water partition coefficient (Wildman–Crippen LogP) is 3.68. The highest BCUT2D eigenvalue weighted by Gasteiger charge is 2.09. The Morgan fingerprint density at radius 2 is 1.92 bits per heavy atom. The molecule has 2 aromatic carbocycles. The van der Waals surface area contributed by atoms with Crippen molar-refractivity contribution in [2.45, 2.75) is 13.5 Å². The zero-order valence-electron chi connectivity index (χ0n) is 14.9. The van der Waals surface area contributed by atoms with Gasteiger partial charge < -0.3 is 20.4 Å². The molecule has 26 heavy (non-hydrogen) atoms. The van der Waals surface area contributed by atoms with Crippen molar-refractivity contribution in [3.63, 3.8) is 0 Å². The van der Waals surface area contributed by atoms with Gasteiger partial charge >= 0.3 is 0 Å². The van der Waals surface area contributed by atoms with E-state index in [9.17, 15) is 0 Å². The largest absolute Gasteiger partial charge is 0.485 e. The summed E-state index contributed by atoms with van der Waals surface area (Å²) in [6, 6.07) is 15.4. The number of rotatable bonds is 6. The van der Waals surface area contributed by atoms with Gasteiger partial charge in [-0.05, 0) is 30.7 Å². The SMILES string of the molecule is Cc1ccc(C(=N)/C=C(\N)c2ccccc2OCc2nccn2C)cc1. The summed E-state index contributed by atoms with van der Waals surface area (Å²) in [5, 5.41) is 8.28. The molecule has 3 N–H and O–H groups in total. The molecule has 0 amide bonds. The van der Waals surface area contributed by atoms with Crippen molar-refractivity contribution in [2.75, 3.05) is 0 Å². The normalized spacial score (nSPS) is 11.4. The van der Waals surface area contributed by atoms with Crippen molar-refractivity contribution < 1.29 is 4.74 Å². The van der Waals surface area contributed by atoms with E-state index in [0.717, 1.165) is 22.5 Å². The van der Waals surface area contributed by atoms with Crippen LogP contribution in [0.3, 0.4) is 0 Å². The summed E-state index contributed by atoms with van der Waals surface area (Å²) in [6.07, 6.45) is 5.27. The monoisotopic (exact) mass is 346 g/mol. The molecule has 0 bridgehead atoms. The number of para-hydroxylation sites is 1. The molecule has 0 unspecified atom stereocenters. The number of aromatic nitrogens is 2. The van der Waals surface area contributed by atoms with Crippen LogP contribution < -0.4 is 10.5 Å². The third-order valence-corrected chi connectivity index (χ3v) is 4.14. The molecular weight excluding hydrogens is 324 g/mol. The molecule has 1 aromatic heterocycles. The van der Waals surface area contributed by atoms with Gasteiger partial charge in [0.05, 0.1) is 5.71 Å². The van der Waals surface area contributed by atoms with Crippen LogP contribution in [-0.4, -0.2) is 15.3 Å². The maximum absolute atomic E-state index is 8.28. The van der Waals surface area contributed by atoms with E-state index in [1.54, 1.807) is 12.3 Å². The van der Waals surface area contributed by atoms with E-state index in [2.05, 4.69) is 4.98 Å². The van der Waals surface area contributed by atoms with Crippen molar-refractivity contribution in [1.29, 1.82) is 5.41 Å². The molecule has 0 spiro atoms. The number of nitrogens with two attached hydrogens (primary N) is 1. The summed E-state index contributed by atoms with van der Waals surface area (Å²) in [7, 11) is 1.93. The van der Waals surface area contributed by atoms with Gasteiger partial charge in [-0.2, -0.15) is 0 Å². The Hall–Kier alpha value is -3.34. The zero-order chi connectivity index (χ0) is 18.5. The lowest BCUT2D eigenvalue weighted by Crippen LogP contribution is -2.07. The standard InChI is InChI=1S/C21H22N4O/c1-15-7-9-16(10-8-15)18(22)13-19(23)17-5-3-4-6-20(17)26-14-21-24-11-12-25(21)2/h3-13,22H,14,23H2,1-2H3/b19-13-,22-18?. The van der Waals surface area contributed by atoms with Crippen LogP contribution in [0.2, 0.25) is 0 Å². The molecule has 5 heteroatoms. The van der Waals surface area contributed by atoms with Gasteiger partial charge in [0, 0.05) is 30.7 Å². The fourth-order valence-corrected chi connectivity index (χ4v) is 2.56. The van der Waals surface area contributed by atoms with Crippen LogP contribution in [0.1, 0.15) is 22.5 Å². The maximum atomic E-state index is 8.28. The van der Waals surface area contributed by atoms with Crippen LogP contribution in [0, 0.1) is 12.3 Å². The number of allylic oxidation sites excluding steroid dienone is 1. The zero-order valence-corrected chi connectivity index (χ0v) is 14.9. The highest BCUT2D eigenvalue weighted by atomic mass is 16.5. The molecule has 3 aromatic rings. The summed E-state index contributed by atoms with van der Waals surface area (Å²) < 4.78 is 7.82. The summed E-state index contributed by atoms with van der Waals surface area (Å²) in [6.45, 7) is 2.37. The first-order valence-corrected chi connectivity index (χ1v) is 8.36. The molecule has 132 valence electrons. The molecule has 0 atom stereocenters. The molecule has 0 aliphatic heterocycles. The first-order chi connectivity index (χ1) is 12.5. The minimum absolute atomic E-state index is 0.350. The molecule has 0 aliphatic rings. The van der Waals surface area contributed by atoms with E-state index >= 15 is 0 Å². The van der Waals surface area contributed by atoms with Crippen molar-refractivity contribution in [3.8, 4) is 5.75 Å². The average molecular weight is 346 g/mol. The molecule has 0 fully saturated rings. The molecule has 0 saturated heterocycles. The number of hydrogen-bond donors (Lipinski definition) is 2. The number of nitrogens with zero attached hydrogens (tertiary/aromatic N) is 2. The second kappa shape index (κ2) is 7.70. The van der Waals surface area contributed by atoms with E-state index in [-0.39, 0.29) is 0 Å². The minimum Gasteiger partial charge on any atom is -0.485 e. The van der Waals surface area contributed by atoms with Gasteiger partial charge in [0.15, 0.2) is 0 Å². The lowest BCUT2D eigenvalue weighted by atomic mass is 10.0. The molecule has 5 nitrogen and oxygen atoms in total. The Kier molecular flexibility index (Phi) is 5.17. The summed E-state index contributed by atoms with van der Waals surface area (Å²) in [4.78, 5) is 4.26. The van der Waals surface area contributed by atoms with Gasteiger partial charge in [0.2, 0.25) is 0 Å². The van der Waals surface area contributed by atoms with E-state index in [1.165, 1.54) is 0 Å². The Labute approximate surface area is 153 Å². The smallest absolute Gasteiger partial charge is 0.146 e. The number of hydrogen-bond acceptors (Lipinski definition) is 4. The number of benzene rings is 2. The van der Waals surface area contributed by atoms with E-state index in [0.29, 0.717) is 23.8 Å². The van der Waals surface area contributed by atoms with Crippen LogP contribution in [0.15, 0.2) is 67.0 Å². The Balaban J connectivity index is 1.80. The van der Waals surface area contributed by atoms with Gasteiger partial charge in [0.25, 0.3) is 0 Å². The lowest BCUT2D eigenvalue weighted by molar-refractivity contribution is 0.291. The van der Waals surface area contributed by atoms with Crippen molar-refractivity contribution in [3.05, 3.63) is 89.5 Å². The second-order valence-corrected chi connectivity index (χ2v) is 6.12. The van der Waals surface area contributed by atoms with E-state index in [4.69, 9.17) is 15.9 Å². The van der Waals surface area contributed by atoms with Crippen LogP contribution in [0.25, 0.3) is 5.70 Å². The second-order valence-electron chi connectivity index (χ2n) is 6.12. The third-order valence-electron chi connectivity index (χ3n) is 4.14. The Morgan fingerprint density at radius 1 is 1.19 bits per heavy atom. The Bertz CT molecular complexity index is 939. The molecule has 0 radical (unpaired) electrons. The predicted molar refractivity (Wildman–Crippen MR) is 104 cm³/mol. The summed E-state index contributed by atoms with van der Waals surface area (Å²) in [5.41, 5.74) is 9.86. The van der Waals surface area contributed by atoms with Gasteiger partial charge in [-0.3, -0.25) is 0 Å². The quantitative estimate of drug-likeness (QED) is 0.669. The first kappa shape index (κ1) is 17.5. The van der Waals surface area contributed by atoms with E-state index in [1.807, 2.05) is 73.3 Å². The van der Waals surface area contributed by atoms with Crippen LogP contribution in [-0.2, 0) is 13.7 Å². The molecule has 1 heterocycles. The van der Waals surface area contributed by atoms with E-state index < -0.39 is 0 Å². The van der Waals surface area contributed by atoms with Crippen molar-refractivity contribution in [1.82, 2.24) is 9.55 Å². The van der Waals surface area contributed by atoms with Crippen LogP contribution in [0.4, 0.5) is 0 Å². The van der Waals surface area contributed by atoms with Crippen molar-refractivity contribution in [2.24, 2.45) is 12.8 Å². The summed E-state index contributed by atoms with van der Waals surface area (Å²) >= 11 is 0. The van der Waals surface area contributed by atoms with Crippen molar-refractivity contribution >= 4 is 11.4 Å². The van der Waals surface area contributed by atoms with Gasteiger partial charge in [-0.15, -0.1) is 0 Å². The number of aryl methyl sites for hydroxylation is 2. The maximum Gasteiger partial charge on any atom is 0.146 e. The third kappa shape index (κ3) is 4.00. The van der Waals surface area contributed by atoms with Crippen LogP contribution >= 0.6 is 0 Å². The highest BCUT2D eigenvalue weighted by Crippen LogP contribution is 2.24. The van der Waals surface area contributed by atoms with Crippen LogP contribution in [0.5, 0.6) is 5.75 Å². The molecule has 3 rings (SSSR count). The fourth-order valence-electron chi connectivity index (χ4n) is 2.56. The van der Waals surface area contributed by atoms with Gasteiger partial charge in [0.1, 0.15) is 18.2 Å². The van der Waals surface area contributed by atoms with Gasteiger partial charge in [-0.1, -0.05) is 42.0 Å². The topological polar surface area (TPSA) is 76.9 Å². The highest BCUT2D eigenvalue weighted by molar-refractivity contribution is 6.10. The first-order valence-electron chi connectivity index (χ1n) is 8.36. The minimum atomic E-state index is 0.350. The average Bonchev–Trinajstić information content (AvgIpc) is 3.05. The number of imidazole rings is 1.